The summed E-state index contributed by atoms with van der Waals surface area (Å²) in [6.07, 6.45) is 0.0787. The summed E-state index contributed by atoms with van der Waals surface area (Å²) in [5.41, 5.74) is 1.03. The number of rotatable bonds is 7. The van der Waals surface area contributed by atoms with Crippen LogP contribution in [0.3, 0.4) is 0 Å². The highest BCUT2D eigenvalue weighted by molar-refractivity contribution is 5.79. The van der Waals surface area contributed by atoms with Crippen molar-refractivity contribution < 1.29 is 18.6 Å². The average Bonchev–Trinajstić information content (AvgIpc) is 3.17. The molecular weight excluding hydrogens is 379 g/mol. The predicted octanol–water partition coefficient (Wildman–Crippen LogP) is 3.84. The van der Waals surface area contributed by atoms with Crippen LogP contribution in [0, 0.1) is 21.8 Å². The molecule has 1 amide bonds. The predicted molar refractivity (Wildman–Crippen MR) is 102 cm³/mol. The molecule has 3 rings (SSSR count). The van der Waals surface area contributed by atoms with Crippen molar-refractivity contribution >= 4 is 11.6 Å². The molecule has 2 aromatic carbocycles. The molecule has 9 heteroatoms. The standard InChI is InChI=1S/C20H19FN4O4/c1-12(2)18(22-17(26)10-13-6-8-15(21)9-7-13)20-23-19(24-29-20)14-4-3-5-16(11-14)25(27)28/h3-9,11-12,18H,10H2,1-2H3,(H,22,26). The highest BCUT2D eigenvalue weighted by Gasteiger charge is 2.25. The normalized spacial score (nSPS) is 12.0. The van der Waals surface area contributed by atoms with Crippen molar-refractivity contribution in [3.63, 3.8) is 0 Å². The Kier molecular flexibility index (Phi) is 5.96. The van der Waals surface area contributed by atoms with Gasteiger partial charge in [0.2, 0.25) is 17.6 Å². The molecule has 0 spiro atoms. The summed E-state index contributed by atoms with van der Waals surface area (Å²) in [6.45, 7) is 3.78. The van der Waals surface area contributed by atoms with Gasteiger partial charge in [0.25, 0.3) is 5.69 Å². The van der Waals surface area contributed by atoms with Gasteiger partial charge in [0.1, 0.15) is 11.9 Å². The second-order valence-corrected chi connectivity index (χ2v) is 6.86. The molecule has 29 heavy (non-hydrogen) atoms. The molecule has 0 fully saturated rings. The Morgan fingerprint density at radius 3 is 2.62 bits per heavy atom. The van der Waals surface area contributed by atoms with Crippen LogP contribution in [-0.4, -0.2) is 21.0 Å². The summed E-state index contributed by atoms with van der Waals surface area (Å²) in [4.78, 5) is 27.2. The molecular formula is C20H19FN4O4. The number of nitro benzene ring substituents is 1. The van der Waals surface area contributed by atoms with Crippen LogP contribution in [0.1, 0.15) is 31.3 Å². The lowest BCUT2D eigenvalue weighted by atomic mass is 10.0. The van der Waals surface area contributed by atoms with Gasteiger partial charge in [-0.05, 0) is 23.6 Å². The molecule has 0 saturated heterocycles. The van der Waals surface area contributed by atoms with Crippen LogP contribution < -0.4 is 5.32 Å². The van der Waals surface area contributed by atoms with Gasteiger partial charge in [-0.2, -0.15) is 4.98 Å². The molecule has 1 atom stereocenters. The zero-order valence-corrected chi connectivity index (χ0v) is 15.8. The molecule has 0 saturated carbocycles. The molecule has 0 aliphatic carbocycles. The van der Waals surface area contributed by atoms with E-state index >= 15 is 0 Å². The Morgan fingerprint density at radius 1 is 1.24 bits per heavy atom. The van der Waals surface area contributed by atoms with E-state index in [1.807, 2.05) is 13.8 Å². The SMILES string of the molecule is CC(C)C(NC(=O)Cc1ccc(F)cc1)c1nc(-c2cccc([N+](=O)[O-])c2)no1. The van der Waals surface area contributed by atoms with E-state index in [2.05, 4.69) is 15.5 Å². The maximum Gasteiger partial charge on any atom is 0.270 e. The van der Waals surface area contributed by atoms with Crippen LogP contribution >= 0.6 is 0 Å². The number of nitrogens with one attached hydrogen (secondary N) is 1. The van der Waals surface area contributed by atoms with Gasteiger partial charge < -0.3 is 9.84 Å². The number of hydrogen-bond acceptors (Lipinski definition) is 6. The third-order valence-electron chi connectivity index (χ3n) is 4.28. The monoisotopic (exact) mass is 398 g/mol. The summed E-state index contributed by atoms with van der Waals surface area (Å²) < 4.78 is 18.3. The van der Waals surface area contributed by atoms with Gasteiger partial charge in [0.15, 0.2) is 0 Å². The van der Waals surface area contributed by atoms with E-state index in [9.17, 15) is 19.3 Å². The molecule has 8 nitrogen and oxygen atoms in total. The number of carbonyl (C=O) groups excluding carboxylic acids is 1. The molecule has 0 aliphatic rings. The van der Waals surface area contributed by atoms with E-state index < -0.39 is 11.0 Å². The molecule has 1 heterocycles. The topological polar surface area (TPSA) is 111 Å². The van der Waals surface area contributed by atoms with E-state index in [-0.39, 0.29) is 41.5 Å². The Hall–Kier alpha value is -3.62. The third kappa shape index (κ3) is 5.01. The van der Waals surface area contributed by atoms with Gasteiger partial charge in [-0.1, -0.05) is 43.3 Å². The van der Waals surface area contributed by atoms with E-state index in [0.717, 1.165) is 0 Å². The van der Waals surface area contributed by atoms with Crippen LogP contribution in [-0.2, 0) is 11.2 Å². The lowest BCUT2D eigenvalue weighted by molar-refractivity contribution is -0.384. The summed E-state index contributed by atoms with van der Waals surface area (Å²) in [5, 5.41) is 17.7. The maximum atomic E-state index is 13.0. The Labute approximate surface area is 165 Å². The van der Waals surface area contributed by atoms with Crippen molar-refractivity contribution in [3.05, 3.63) is 75.9 Å². The second-order valence-electron chi connectivity index (χ2n) is 6.86. The minimum absolute atomic E-state index is 0.0504. The van der Waals surface area contributed by atoms with Gasteiger partial charge >= 0.3 is 0 Å². The van der Waals surface area contributed by atoms with Crippen LogP contribution in [0.15, 0.2) is 53.1 Å². The number of nitrogens with zero attached hydrogens (tertiary/aromatic N) is 3. The highest BCUT2D eigenvalue weighted by atomic mass is 19.1. The largest absolute Gasteiger partial charge is 0.344 e. The molecule has 1 aromatic heterocycles. The number of non-ortho nitro benzene ring substituents is 1. The number of hydrogen-bond donors (Lipinski definition) is 1. The van der Waals surface area contributed by atoms with Gasteiger partial charge in [-0.3, -0.25) is 14.9 Å². The minimum Gasteiger partial charge on any atom is -0.344 e. The first kappa shape index (κ1) is 20.1. The number of aromatic nitrogens is 2. The molecule has 150 valence electrons. The number of halogens is 1. The van der Waals surface area contributed by atoms with Crippen molar-refractivity contribution in [2.24, 2.45) is 5.92 Å². The zero-order valence-electron chi connectivity index (χ0n) is 15.8. The molecule has 3 aromatic rings. The lowest BCUT2D eigenvalue weighted by Gasteiger charge is -2.18. The molecule has 0 radical (unpaired) electrons. The van der Waals surface area contributed by atoms with Gasteiger partial charge in [-0.15, -0.1) is 0 Å². The summed E-state index contributed by atoms with van der Waals surface area (Å²) in [7, 11) is 0. The first-order valence-corrected chi connectivity index (χ1v) is 8.95. The summed E-state index contributed by atoms with van der Waals surface area (Å²) >= 11 is 0. The fourth-order valence-corrected chi connectivity index (χ4v) is 2.76. The van der Waals surface area contributed by atoms with Crippen LogP contribution in [0.5, 0.6) is 0 Å². The van der Waals surface area contributed by atoms with E-state index in [4.69, 9.17) is 4.52 Å². The highest BCUT2D eigenvalue weighted by Crippen LogP contribution is 2.25. The van der Waals surface area contributed by atoms with Crippen LogP contribution in [0.4, 0.5) is 10.1 Å². The third-order valence-corrected chi connectivity index (χ3v) is 4.28. The number of nitro groups is 1. The van der Waals surface area contributed by atoms with Crippen molar-refractivity contribution in [2.75, 3.05) is 0 Å². The smallest absolute Gasteiger partial charge is 0.270 e. The van der Waals surface area contributed by atoms with Crippen molar-refractivity contribution in [1.82, 2.24) is 15.5 Å². The number of carbonyl (C=O) groups is 1. The lowest BCUT2D eigenvalue weighted by Crippen LogP contribution is -2.33. The zero-order chi connectivity index (χ0) is 21.0. The summed E-state index contributed by atoms with van der Waals surface area (Å²) in [6, 6.07) is 11.1. The summed E-state index contributed by atoms with van der Waals surface area (Å²) in [5.74, 6) is -0.291. The fourth-order valence-electron chi connectivity index (χ4n) is 2.76. The van der Waals surface area contributed by atoms with Crippen molar-refractivity contribution in [3.8, 4) is 11.4 Å². The fraction of sp³-hybridized carbons (Fsp3) is 0.250. The first-order valence-electron chi connectivity index (χ1n) is 8.95. The molecule has 1 unspecified atom stereocenters. The number of amides is 1. The Balaban J connectivity index is 1.76. The quantitative estimate of drug-likeness (QED) is 0.478. The molecule has 0 bridgehead atoms. The van der Waals surface area contributed by atoms with E-state index in [1.54, 1.807) is 18.2 Å². The van der Waals surface area contributed by atoms with Gasteiger partial charge in [0.05, 0.1) is 11.3 Å². The molecule has 1 N–H and O–H groups in total. The van der Waals surface area contributed by atoms with E-state index in [1.165, 1.54) is 30.3 Å². The first-order chi connectivity index (χ1) is 13.8. The average molecular weight is 398 g/mol. The Bertz CT molecular complexity index is 1020. The van der Waals surface area contributed by atoms with Gasteiger partial charge in [0, 0.05) is 17.7 Å². The van der Waals surface area contributed by atoms with Crippen molar-refractivity contribution in [2.45, 2.75) is 26.3 Å². The Morgan fingerprint density at radius 2 is 1.97 bits per heavy atom. The van der Waals surface area contributed by atoms with Crippen molar-refractivity contribution in [1.29, 1.82) is 0 Å². The van der Waals surface area contributed by atoms with Crippen LogP contribution in [0.2, 0.25) is 0 Å². The maximum absolute atomic E-state index is 13.0. The van der Waals surface area contributed by atoms with E-state index in [0.29, 0.717) is 11.1 Å². The van der Waals surface area contributed by atoms with Gasteiger partial charge in [-0.25, -0.2) is 4.39 Å². The molecule has 0 aliphatic heterocycles. The number of benzene rings is 2. The van der Waals surface area contributed by atoms with Crippen LogP contribution in [0.25, 0.3) is 11.4 Å². The second kappa shape index (κ2) is 8.59. The minimum atomic E-state index is -0.539.